The van der Waals surface area contributed by atoms with Crippen LogP contribution in [0.2, 0.25) is 0 Å². The lowest BCUT2D eigenvalue weighted by molar-refractivity contribution is -0.137. The van der Waals surface area contributed by atoms with Gasteiger partial charge in [0, 0.05) is 41.5 Å². The number of amides is 4. The minimum Gasteiger partial charge on any atom is -0.326 e. The van der Waals surface area contributed by atoms with E-state index in [1.165, 1.54) is 4.90 Å². The van der Waals surface area contributed by atoms with Gasteiger partial charge in [-0.25, -0.2) is 0 Å². The summed E-state index contributed by atoms with van der Waals surface area (Å²) in [6.07, 6.45) is 6.28. The maximum atomic E-state index is 12.8. The van der Waals surface area contributed by atoms with Crippen LogP contribution < -0.4 is 10.6 Å². The van der Waals surface area contributed by atoms with Crippen LogP contribution in [0.25, 0.3) is 0 Å². The number of nitrogens with zero attached hydrogens (tertiary/aromatic N) is 1. The number of alkyl halides is 1. The van der Waals surface area contributed by atoms with Crippen molar-refractivity contribution in [3.05, 3.63) is 29.3 Å². The van der Waals surface area contributed by atoms with Gasteiger partial charge in [-0.3, -0.25) is 24.5 Å². The van der Waals surface area contributed by atoms with Crippen LogP contribution in [-0.4, -0.2) is 39.9 Å². The van der Waals surface area contributed by atoms with Gasteiger partial charge in [-0.15, -0.1) is 0 Å². The van der Waals surface area contributed by atoms with Crippen LogP contribution in [0.5, 0.6) is 0 Å². The molecule has 0 bridgehead atoms. The Morgan fingerprint density at radius 1 is 1.14 bits per heavy atom. The van der Waals surface area contributed by atoms with E-state index in [2.05, 4.69) is 26.6 Å². The van der Waals surface area contributed by atoms with Crippen molar-refractivity contribution in [1.82, 2.24) is 10.2 Å². The van der Waals surface area contributed by atoms with E-state index in [1.54, 1.807) is 18.2 Å². The molecule has 0 aromatic heterocycles. The molecule has 2 N–H and O–H groups in total. The van der Waals surface area contributed by atoms with Crippen LogP contribution in [0, 0.1) is 0 Å². The van der Waals surface area contributed by atoms with Crippen LogP contribution >= 0.6 is 15.9 Å². The topological polar surface area (TPSA) is 95.6 Å². The Hall–Kier alpha value is -2.22. The first kappa shape index (κ1) is 21.5. The Balaban J connectivity index is 1.59. The number of rotatable bonds is 9. The van der Waals surface area contributed by atoms with E-state index in [1.807, 2.05) is 0 Å². The Kier molecular flexibility index (Phi) is 7.41. The molecule has 1 saturated heterocycles. The highest BCUT2D eigenvalue weighted by Crippen LogP contribution is 2.32. The number of carbonyl (C=O) groups excluding carboxylic acids is 4. The number of carbonyl (C=O) groups is 4. The van der Waals surface area contributed by atoms with E-state index in [9.17, 15) is 19.2 Å². The Morgan fingerprint density at radius 2 is 1.90 bits per heavy atom. The lowest BCUT2D eigenvalue weighted by Crippen LogP contribution is -2.52. The Bertz CT molecular complexity index is 811. The number of halogens is 1. The molecule has 0 aliphatic carbocycles. The van der Waals surface area contributed by atoms with Gasteiger partial charge in [-0.2, -0.15) is 0 Å². The van der Waals surface area contributed by atoms with Gasteiger partial charge < -0.3 is 10.2 Å². The summed E-state index contributed by atoms with van der Waals surface area (Å²) in [4.78, 5) is 50.2. The van der Waals surface area contributed by atoms with Crippen LogP contribution in [0.3, 0.4) is 0 Å². The molecule has 2 aliphatic heterocycles. The number of benzene rings is 1. The fourth-order valence-electron chi connectivity index (χ4n) is 3.83. The van der Waals surface area contributed by atoms with E-state index in [4.69, 9.17) is 0 Å². The molecule has 1 atom stereocenters. The Labute approximate surface area is 178 Å². The summed E-state index contributed by atoms with van der Waals surface area (Å²) < 4.78 is 0. The van der Waals surface area contributed by atoms with Crippen molar-refractivity contribution in [3.8, 4) is 0 Å². The van der Waals surface area contributed by atoms with E-state index in [-0.39, 0.29) is 30.7 Å². The third kappa shape index (κ3) is 5.23. The number of anilines is 1. The first-order chi connectivity index (χ1) is 14.0. The van der Waals surface area contributed by atoms with Crippen LogP contribution in [0.4, 0.5) is 5.69 Å². The second kappa shape index (κ2) is 10.0. The molecule has 3 rings (SSSR count). The normalized spacial score (nSPS) is 18.6. The van der Waals surface area contributed by atoms with Crippen molar-refractivity contribution in [2.45, 2.75) is 64.0 Å². The van der Waals surface area contributed by atoms with Gasteiger partial charge >= 0.3 is 0 Å². The van der Waals surface area contributed by atoms with Gasteiger partial charge in [0.05, 0.1) is 0 Å². The first-order valence-corrected chi connectivity index (χ1v) is 11.3. The predicted octanol–water partition coefficient (Wildman–Crippen LogP) is 3.12. The molecule has 1 fully saturated rings. The molecule has 8 heteroatoms. The number of nitrogens with one attached hydrogen (secondary N) is 2. The molecule has 1 unspecified atom stereocenters. The zero-order valence-electron chi connectivity index (χ0n) is 16.3. The van der Waals surface area contributed by atoms with E-state index >= 15 is 0 Å². The number of hydrogen-bond donors (Lipinski definition) is 2. The highest BCUT2D eigenvalue weighted by atomic mass is 79.9. The second-order valence-corrected chi connectivity index (χ2v) is 8.28. The third-order valence-electron chi connectivity index (χ3n) is 5.39. The first-order valence-electron chi connectivity index (χ1n) is 10.1. The molecule has 4 amide bonds. The summed E-state index contributed by atoms with van der Waals surface area (Å²) in [6.45, 7) is 0.253. The molecule has 2 aliphatic rings. The smallest absolute Gasteiger partial charge is 0.255 e. The summed E-state index contributed by atoms with van der Waals surface area (Å²) in [5.74, 6) is -1.05. The quantitative estimate of drug-likeness (QED) is 0.334. The number of piperidine rings is 1. The average molecular weight is 464 g/mol. The fraction of sp³-hybridized carbons (Fsp3) is 0.524. The standard InChI is InChI=1S/C21H26BrN3O4/c22-12-5-3-1-2-4-9-18(26)23-16-8-6-7-14-15(16)13-25(21(14)29)17-10-11-19(27)24-20(17)28/h6-8,17H,1-5,9-13H2,(H,23,26)(H,24,27,28). The lowest BCUT2D eigenvalue weighted by atomic mass is 10.0. The van der Waals surface area contributed by atoms with Gasteiger partial charge in [-0.05, 0) is 31.4 Å². The average Bonchev–Trinajstić information content (AvgIpc) is 3.02. The molecule has 29 heavy (non-hydrogen) atoms. The van der Waals surface area contributed by atoms with E-state index in [0.717, 1.165) is 43.0 Å². The molecule has 0 saturated carbocycles. The van der Waals surface area contributed by atoms with Crippen molar-refractivity contribution < 1.29 is 19.2 Å². The molecular weight excluding hydrogens is 438 g/mol. The maximum Gasteiger partial charge on any atom is 0.255 e. The van der Waals surface area contributed by atoms with Gasteiger partial charge in [-0.1, -0.05) is 41.3 Å². The summed E-state index contributed by atoms with van der Waals surface area (Å²) in [5.41, 5.74) is 1.85. The Morgan fingerprint density at radius 3 is 2.66 bits per heavy atom. The molecule has 1 aromatic carbocycles. The van der Waals surface area contributed by atoms with Crippen molar-refractivity contribution in [2.75, 3.05) is 10.6 Å². The van der Waals surface area contributed by atoms with Gasteiger partial charge in [0.25, 0.3) is 5.91 Å². The molecule has 0 radical (unpaired) electrons. The molecular formula is C21H26BrN3O4. The number of fused-ring (bicyclic) bond motifs is 1. The lowest BCUT2D eigenvalue weighted by Gasteiger charge is -2.29. The second-order valence-electron chi connectivity index (χ2n) is 7.49. The highest BCUT2D eigenvalue weighted by molar-refractivity contribution is 9.09. The van der Waals surface area contributed by atoms with Crippen LogP contribution in [0.15, 0.2) is 18.2 Å². The van der Waals surface area contributed by atoms with Crippen molar-refractivity contribution in [3.63, 3.8) is 0 Å². The summed E-state index contributed by atoms with van der Waals surface area (Å²) in [7, 11) is 0. The maximum absolute atomic E-state index is 12.8. The summed E-state index contributed by atoms with van der Waals surface area (Å²) in [6, 6.07) is 4.58. The van der Waals surface area contributed by atoms with E-state index in [0.29, 0.717) is 24.1 Å². The van der Waals surface area contributed by atoms with Crippen LogP contribution in [-0.2, 0) is 20.9 Å². The van der Waals surface area contributed by atoms with Gasteiger partial charge in [0.1, 0.15) is 6.04 Å². The highest BCUT2D eigenvalue weighted by Gasteiger charge is 2.39. The van der Waals surface area contributed by atoms with Gasteiger partial charge in [0.2, 0.25) is 17.7 Å². The predicted molar refractivity (Wildman–Crippen MR) is 113 cm³/mol. The minimum atomic E-state index is -0.657. The van der Waals surface area contributed by atoms with Crippen molar-refractivity contribution in [2.24, 2.45) is 0 Å². The number of unbranched alkanes of at least 4 members (excludes halogenated alkanes) is 4. The zero-order valence-corrected chi connectivity index (χ0v) is 17.9. The number of imide groups is 1. The SMILES string of the molecule is O=C1CCC(N2Cc3c(NC(=O)CCCCCCCBr)cccc3C2=O)C(=O)N1. The molecule has 7 nitrogen and oxygen atoms in total. The largest absolute Gasteiger partial charge is 0.326 e. The molecule has 156 valence electrons. The van der Waals surface area contributed by atoms with E-state index < -0.39 is 11.9 Å². The molecule has 1 aromatic rings. The summed E-state index contributed by atoms with van der Waals surface area (Å²) in [5, 5.41) is 6.24. The monoisotopic (exact) mass is 463 g/mol. The zero-order chi connectivity index (χ0) is 20.8. The van der Waals surface area contributed by atoms with Gasteiger partial charge in [0.15, 0.2) is 0 Å². The van der Waals surface area contributed by atoms with Crippen LogP contribution in [0.1, 0.15) is 67.3 Å². The summed E-state index contributed by atoms with van der Waals surface area (Å²) >= 11 is 3.41. The third-order valence-corrected chi connectivity index (χ3v) is 5.95. The fourth-order valence-corrected chi connectivity index (χ4v) is 4.22. The number of hydrogen-bond acceptors (Lipinski definition) is 4. The molecule has 0 spiro atoms. The minimum absolute atomic E-state index is 0.0641. The molecule has 2 heterocycles. The van der Waals surface area contributed by atoms with Crippen molar-refractivity contribution >= 4 is 45.2 Å². The van der Waals surface area contributed by atoms with Crippen molar-refractivity contribution in [1.29, 1.82) is 0 Å².